The van der Waals surface area contributed by atoms with Crippen LogP contribution in [-0.2, 0) is 16.0 Å². The molecule has 0 radical (unpaired) electrons. The van der Waals surface area contributed by atoms with Crippen LogP contribution in [0.15, 0.2) is 18.2 Å². The van der Waals surface area contributed by atoms with Crippen molar-refractivity contribution in [3.63, 3.8) is 0 Å². The molecule has 0 saturated carbocycles. The molecule has 0 amide bonds. The van der Waals surface area contributed by atoms with Gasteiger partial charge in [0, 0.05) is 31.8 Å². The molecule has 110 valence electrons. The van der Waals surface area contributed by atoms with Gasteiger partial charge in [0.15, 0.2) is 0 Å². The topological polar surface area (TPSA) is 21.7 Å². The van der Waals surface area contributed by atoms with E-state index in [1.54, 1.807) is 0 Å². The summed E-state index contributed by atoms with van der Waals surface area (Å²) in [7, 11) is 0. The fourth-order valence-corrected chi connectivity index (χ4v) is 2.90. The highest BCUT2D eigenvalue weighted by Crippen LogP contribution is 2.22. The first-order chi connectivity index (χ1) is 9.74. The monoisotopic (exact) mass is 283 g/mol. The second kappa shape index (κ2) is 6.16. The predicted molar refractivity (Wildman–Crippen MR) is 70.3 cm³/mol. The summed E-state index contributed by atoms with van der Waals surface area (Å²) in [5, 5.41) is 0. The lowest BCUT2D eigenvalue weighted by Gasteiger charge is -2.35. The average molecular weight is 283 g/mol. The molecule has 20 heavy (non-hydrogen) atoms. The molecule has 2 unspecified atom stereocenters. The van der Waals surface area contributed by atoms with Gasteiger partial charge in [0.1, 0.15) is 11.6 Å². The highest BCUT2D eigenvalue weighted by Gasteiger charge is 2.31. The van der Waals surface area contributed by atoms with Gasteiger partial charge in [-0.2, -0.15) is 0 Å². The van der Waals surface area contributed by atoms with Crippen molar-refractivity contribution in [3.05, 3.63) is 35.4 Å². The molecule has 2 aliphatic rings. The number of nitrogens with zero attached hydrogens (tertiary/aromatic N) is 1. The van der Waals surface area contributed by atoms with Crippen molar-refractivity contribution in [3.8, 4) is 0 Å². The Morgan fingerprint density at radius 2 is 1.85 bits per heavy atom. The van der Waals surface area contributed by atoms with Crippen molar-refractivity contribution in [2.45, 2.75) is 31.6 Å². The van der Waals surface area contributed by atoms with Gasteiger partial charge in [-0.3, -0.25) is 4.90 Å². The molecular formula is C15H19F2NO2. The summed E-state index contributed by atoms with van der Waals surface area (Å²) in [6.45, 7) is 3.01. The number of morpholine rings is 1. The van der Waals surface area contributed by atoms with E-state index >= 15 is 0 Å². The number of ether oxygens (including phenoxy) is 2. The van der Waals surface area contributed by atoms with E-state index in [1.165, 1.54) is 18.2 Å². The van der Waals surface area contributed by atoms with Crippen LogP contribution in [0.5, 0.6) is 0 Å². The van der Waals surface area contributed by atoms with Crippen LogP contribution < -0.4 is 0 Å². The molecule has 3 rings (SSSR count). The molecule has 0 spiro atoms. The molecule has 0 N–H and O–H groups in total. The van der Waals surface area contributed by atoms with Crippen LogP contribution in [0.3, 0.4) is 0 Å². The summed E-state index contributed by atoms with van der Waals surface area (Å²) in [5.74, 6) is -0.963. The van der Waals surface area contributed by atoms with E-state index in [-0.39, 0.29) is 24.3 Å². The minimum absolute atomic E-state index is 0.0149. The van der Waals surface area contributed by atoms with Gasteiger partial charge in [0.2, 0.25) is 0 Å². The van der Waals surface area contributed by atoms with Crippen LogP contribution in [0, 0.1) is 11.6 Å². The van der Waals surface area contributed by atoms with Gasteiger partial charge < -0.3 is 9.47 Å². The van der Waals surface area contributed by atoms with Crippen molar-refractivity contribution in [2.75, 3.05) is 26.3 Å². The molecule has 3 nitrogen and oxygen atoms in total. The Bertz CT molecular complexity index is 443. The van der Waals surface area contributed by atoms with E-state index in [1.807, 2.05) is 4.90 Å². The number of hydrogen-bond donors (Lipinski definition) is 0. The van der Waals surface area contributed by atoms with Crippen LogP contribution in [0.1, 0.15) is 18.4 Å². The zero-order valence-corrected chi connectivity index (χ0v) is 11.4. The second-order valence-electron chi connectivity index (χ2n) is 5.40. The standard InChI is InChI=1S/C15H19F2NO2/c16-12-3-1-4-13(17)11(12)9-18-6-8-20-15(10-18)14-5-2-7-19-14/h1,3-4,14-15H,2,5-10H2. The van der Waals surface area contributed by atoms with Gasteiger partial charge in [0.05, 0.1) is 18.8 Å². The Morgan fingerprint density at radius 1 is 1.10 bits per heavy atom. The Balaban J connectivity index is 1.65. The van der Waals surface area contributed by atoms with Crippen molar-refractivity contribution < 1.29 is 18.3 Å². The highest BCUT2D eigenvalue weighted by molar-refractivity contribution is 5.19. The first-order valence-corrected chi connectivity index (χ1v) is 7.12. The van der Waals surface area contributed by atoms with E-state index in [0.717, 1.165) is 19.4 Å². The van der Waals surface area contributed by atoms with Crippen molar-refractivity contribution >= 4 is 0 Å². The lowest BCUT2D eigenvalue weighted by molar-refractivity contribution is -0.0962. The minimum atomic E-state index is -0.481. The molecule has 5 heteroatoms. The SMILES string of the molecule is Fc1cccc(F)c1CN1CCOC(C2CCCO2)C1. The summed E-state index contributed by atoms with van der Waals surface area (Å²) < 4.78 is 38.7. The van der Waals surface area contributed by atoms with Gasteiger partial charge in [-0.1, -0.05) is 6.07 Å². The van der Waals surface area contributed by atoms with E-state index in [4.69, 9.17) is 9.47 Å². The van der Waals surface area contributed by atoms with E-state index in [9.17, 15) is 8.78 Å². The van der Waals surface area contributed by atoms with Crippen LogP contribution in [0.2, 0.25) is 0 Å². The van der Waals surface area contributed by atoms with Crippen molar-refractivity contribution in [2.24, 2.45) is 0 Å². The smallest absolute Gasteiger partial charge is 0.130 e. The van der Waals surface area contributed by atoms with E-state index in [2.05, 4.69) is 0 Å². The maximum Gasteiger partial charge on any atom is 0.130 e. The number of rotatable bonds is 3. The average Bonchev–Trinajstić information content (AvgIpc) is 2.98. The molecule has 2 aliphatic heterocycles. The van der Waals surface area contributed by atoms with Gasteiger partial charge in [-0.15, -0.1) is 0 Å². The van der Waals surface area contributed by atoms with E-state index in [0.29, 0.717) is 19.7 Å². The largest absolute Gasteiger partial charge is 0.375 e. The Kier molecular flexibility index (Phi) is 4.29. The molecule has 2 saturated heterocycles. The zero-order chi connectivity index (χ0) is 13.9. The molecule has 2 fully saturated rings. The first-order valence-electron chi connectivity index (χ1n) is 7.12. The third kappa shape index (κ3) is 3.00. The predicted octanol–water partition coefficient (Wildman–Crippen LogP) is 2.34. The summed E-state index contributed by atoms with van der Waals surface area (Å²) >= 11 is 0. The molecule has 1 aromatic carbocycles. The number of hydrogen-bond acceptors (Lipinski definition) is 3. The van der Waals surface area contributed by atoms with Gasteiger partial charge in [-0.25, -0.2) is 8.78 Å². The Hall–Kier alpha value is -1.04. The van der Waals surface area contributed by atoms with Crippen LogP contribution in [-0.4, -0.2) is 43.4 Å². The summed E-state index contributed by atoms with van der Waals surface area (Å²) in [4.78, 5) is 2.04. The molecule has 2 heterocycles. The highest BCUT2D eigenvalue weighted by atomic mass is 19.1. The normalized spacial score (nSPS) is 27.9. The molecule has 1 aromatic rings. The zero-order valence-electron chi connectivity index (χ0n) is 11.4. The van der Waals surface area contributed by atoms with Crippen molar-refractivity contribution in [1.29, 1.82) is 0 Å². The maximum atomic E-state index is 13.7. The summed E-state index contributed by atoms with van der Waals surface area (Å²) in [6.07, 6.45) is 2.21. The molecule has 0 aromatic heterocycles. The van der Waals surface area contributed by atoms with Crippen LogP contribution in [0.4, 0.5) is 8.78 Å². The van der Waals surface area contributed by atoms with Gasteiger partial charge in [-0.05, 0) is 25.0 Å². The molecule has 0 bridgehead atoms. The quantitative estimate of drug-likeness (QED) is 0.850. The van der Waals surface area contributed by atoms with Crippen LogP contribution in [0.25, 0.3) is 0 Å². The van der Waals surface area contributed by atoms with Gasteiger partial charge >= 0.3 is 0 Å². The molecule has 2 atom stereocenters. The number of benzene rings is 1. The molecular weight excluding hydrogens is 264 g/mol. The fraction of sp³-hybridized carbons (Fsp3) is 0.600. The second-order valence-corrected chi connectivity index (χ2v) is 5.40. The lowest BCUT2D eigenvalue weighted by atomic mass is 10.1. The summed E-state index contributed by atoms with van der Waals surface area (Å²) in [6, 6.07) is 4.00. The summed E-state index contributed by atoms with van der Waals surface area (Å²) in [5.41, 5.74) is 0.139. The fourth-order valence-electron chi connectivity index (χ4n) is 2.90. The third-order valence-corrected chi connectivity index (χ3v) is 4.00. The van der Waals surface area contributed by atoms with E-state index < -0.39 is 11.6 Å². The third-order valence-electron chi connectivity index (χ3n) is 4.00. The first kappa shape index (κ1) is 13.9. The van der Waals surface area contributed by atoms with Gasteiger partial charge in [0.25, 0.3) is 0 Å². The molecule has 0 aliphatic carbocycles. The van der Waals surface area contributed by atoms with Crippen LogP contribution >= 0.6 is 0 Å². The van der Waals surface area contributed by atoms with Crippen molar-refractivity contribution in [1.82, 2.24) is 4.90 Å². The lowest BCUT2D eigenvalue weighted by Crippen LogP contribution is -2.47. The minimum Gasteiger partial charge on any atom is -0.375 e. The number of halogens is 2. The Morgan fingerprint density at radius 3 is 2.55 bits per heavy atom. The maximum absolute atomic E-state index is 13.7. The Labute approximate surface area is 117 Å².